The minimum absolute atomic E-state index is 0. The van der Waals surface area contributed by atoms with Crippen molar-refractivity contribution < 1.29 is 4.42 Å². The normalized spacial score (nSPS) is 11.3. The van der Waals surface area contributed by atoms with Crippen molar-refractivity contribution in [3.05, 3.63) is 78.0 Å². The lowest BCUT2D eigenvalue weighted by atomic mass is 10.1. The van der Waals surface area contributed by atoms with Crippen molar-refractivity contribution in [1.82, 2.24) is 20.4 Å². The van der Waals surface area contributed by atoms with Crippen LogP contribution in [0.5, 0.6) is 0 Å². The number of furan rings is 1. The standard InChI is InChI=1S/C22H29N5O.HI/c1-18(2)15-24-22(23-12-10-21-9-5-14-28-21)25-16-19-7-3-4-8-20(19)17-27-13-6-11-26-27;/h3-9,11,13-14,18H,10,12,15-17H2,1-2H3,(H2,23,24,25);1H. The fourth-order valence-corrected chi connectivity index (χ4v) is 2.83. The maximum Gasteiger partial charge on any atom is 0.191 e. The summed E-state index contributed by atoms with van der Waals surface area (Å²) < 4.78 is 7.33. The van der Waals surface area contributed by atoms with E-state index in [-0.39, 0.29) is 24.0 Å². The Bertz CT molecular complexity index is 844. The second-order valence-electron chi connectivity index (χ2n) is 7.17. The average Bonchev–Trinajstić information content (AvgIpc) is 3.38. The number of rotatable bonds is 9. The van der Waals surface area contributed by atoms with Gasteiger partial charge in [0, 0.05) is 31.9 Å². The molecular formula is C22H30IN5O. The second-order valence-corrected chi connectivity index (χ2v) is 7.17. The Morgan fingerprint density at radius 1 is 1.10 bits per heavy atom. The van der Waals surface area contributed by atoms with E-state index in [9.17, 15) is 0 Å². The molecule has 0 aliphatic rings. The molecule has 0 aliphatic heterocycles. The van der Waals surface area contributed by atoms with Crippen molar-refractivity contribution >= 4 is 29.9 Å². The van der Waals surface area contributed by atoms with Gasteiger partial charge in [0.15, 0.2) is 5.96 Å². The van der Waals surface area contributed by atoms with Gasteiger partial charge in [-0.15, -0.1) is 24.0 Å². The topological polar surface area (TPSA) is 67.4 Å². The van der Waals surface area contributed by atoms with Crippen LogP contribution in [0.1, 0.15) is 30.7 Å². The van der Waals surface area contributed by atoms with Crippen molar-refractivity contribution in [2.24, 2.45) is 10.9 Å². The van der Waals surface area contributed by atoms with Gasteiger partial charge in [-0.25, -0.2) is 4.99 Å². The Morgan fingerprint density at radius 3 is 2.62 bits per heavy atom. The molecule has 0 fully saturated rings. The monoisotopic (exact) mass is 507 g/mol. The number of nitrogens with one attached hydrogen (secondary N) is 2. The number of hydrogen-bond donors (Lipinski definition) is 2. The van der Waals surface area contributed by atoms with Crippen LogP contribution in [0, 0.1) is 5.92 Å². The molecule has 0 atom stereocenters. The summed E-state index contributed by atoms with van der Waals surface area (Å²) in [4.78, 5) is 4.81. The number of aromatic nitrogens is 2. The third kappa shape index (κ3) is 7.92. The molecule has 0 saturated carbocycles. The van der Waals surface area contributed by atoms with Crippen LogP contribution in [0.15, 0.2) is 70.5 Å². The number of halogens is 1. The Kier molecular flexibility index (Phi) is 9.76. The molecular weight excluding hydrogens is 477 g/mol. The molecule has 29 heavy (non-hydrogen) atoms. The van der Waals surface area contributed by atoms with Gasteiger partial charge in [-0.05, 0) is 35.2 Å². The quantitative estimate of drug-likeness (QED) is 0.260. The predicted molar refractivity (Wildman–Crippen MR) is 128 cm³/mol. The summed E-state index contributed by atoms with van der Waals surface area (Å²) in [6.07, 6.45) is 6.31. The highest BCUT2D eigenvalue weighted by Gasteiger charge is 2.05. The fourth-order valence-electron chi connectivity index (χ4n) is 2.83. The van der Waals surface area contributed by atoms with Crippen molar-refractivity contribution in [2.75, 3.05) is 13.1 Å². The van der Waals surface area contributed by atoms with Gasteiger partial charge >= 0.3 is 0 Å². The summed E-state index contributed by atoms with van der Waals surface area (Å²) in [7, 11) is 0. The summed E-state index contributed by atoms with van der Waals surface area (Å²) in [5, 5.41) is 11.1. The highest BCUT2D eigenvalue weighted by molar-refractivity contribution is 14.0. The third-order valence-electron chi connectivity index (χ3n) is 4.34. The van der Waals surface area contributed by atoms with Crippen molar-refractivity contribution in [1.29, 1.82) is 0 Å². The lowest BCUT2D eigenvalue weighted by Crippen LogP contribution is -2.40. The summed E-state index contributed by atoms with van der Waals surface area (Å²) >= 11 is 0. The lowest BCUT2D eigenvalue weighted by Gasteiger charge is -2.14. The van der Waals surface area contributed by atoms with Gasteiger partial charge < -0.3 is 15.1 Å². The van der Waals surface area contributed by atoms with E-state index >= 15 is 0 Å². The largest absolute Gasteiger partial charge is 0.469 e. The van der Waals surface area contributed by atoms with Gasteiger partial charge in [-0.2, -0.15) is 5.10 Å². The molecule has 2 N–H and O–H groups in total. The van der Waals surface area contributed by atoms with Crippen molar-refractivity contribution in [2.45, 2.75) is 33.4 Å². The molecule has 7 heteroatoms. The molecule has 0 saturated heterocycles. The van der Waals surface area contributed by atoms with Crippen LogP contribution in [0.3, 0.4) is 0 Å². The molecule has 0 unspecified atom stereocenters. The molecule has 156 valence electrons. The zero-order valence-corrected chi connectivity index (χ0v) is 19.4. The first-order valence-corrected chi connectivity index (χ1v) is 9.79. The van der Waals surface area contributed by atoms with Crippen molar-refractivity contribution in [3.63, 3.8) is 0 Å². The van der Waals surface area contributed by atoms with Crippen molar-refractivity contribution in [3.8, 4) is 0 Å². The first-order chi connectivity index (χ1) is 13.7. The molecule has 0 amide bonds. The molecule has 3 aromatic rings. The highest BCUT2D eigenvalue weighted by atomic mass is 127. The summed E-state index contributed by atoms with van der Waals surface area (Å²) in [6, 6.07) is 14.2. The molecule has 2 aromatic heterocycles. The van der Waals surface area contributed by atoms with E-state index < -0.39 is 0 Å². The van der Waals surface area contributed by atoms with Crippen LogP contribution >= 0.6 is 24.0 Å². The molecule has 0 aliphatic carbocycles. The average molecular weight is 507 g/mol. The van der Waals surface area contributed by atoms with Crippen LogP contribution < -0.4 is 10.6 Å². The summed E-state index contributed by atoms with van der Waals surface area (Å²) in [6.45, 7) is 7.39. The van der Waals surface area contributed by atoms with Crippen LogP contribution in [0.2, 0.25) is 0 Å². The molecule has 0 bridgehead atoms. The SMILES string of the molecule is CC(C)CNC(=NCc1ccccc1Cn1cccn1)NCCc1ccco1.I. The molecule has 3 rings (SSSR count). The van der Waals surface area contributed by atoms with Gasteiger partial charge in [0.05, 0.1) is 19.4 Å². The summed E-state index contributed by atoms with van der Waals surface area (Å²) in [5.41, 5.74) is 2.43. The maximum absolute atomic E-state index is 5.40. The smallest absolute Gasteiger partial charge is 0.191 e. The molecule has 6 nitrogen and oxygen atoms in total. The van der Waals surface area contributed by atoms with Gasteiger partial charge in [-0.1, -0.05) is 38.1 Å². The van der Waals surface area contributed by atoms with E-state index in [1.165, 1.54) is 11.1 Å². The lowest BCUT2D eigenvalue weighted by molar-refractivity contribution is 0.506. The predicted octanol–water partition coefficient (Wildman–Crippen LogP) is 4.08. The minimum Gasteiger partial charge on any atom is -0.469 e. The third-order valence-corrected chi connectivity index (χ3v) is 4.34. The van der Waals surface area contributed by atoms with E-state index in [1.807, 2.05) is 29.1 Å². The number of benzene rings is 1. The molecule has 1 aromatic carbocycles. The van der Waals surface area contributed by atoms with E-state index in [4.69, 9.17) is 9.41 Å². The van der Waals surface area contributed by atoms with Crippen LogP contribution in [0.4, 0.5) is 0 Å². The van der Waals surface area contributed by atoms with Gasteiger partial charge in [0.1, 0.15) is 5.76 Å². The Hall–Kier alpha value is -2.29. The van der Waals surface area contributed by atoms with Crippen LogP contribution in [-0.2, 0) is 19.5 Å². The first kappa shape index (κ1) is 23.0. The van der Waals surface area contributed by atoms with E-state index in [2.05, 4.69) is 53.8 Å². The van der Waals surface area contributed by atoms with Crippen LogP contribution in [-0.4, -0.2) is 28.8 Å². The van der Waals surface area contributed by atoms with Gasteiger partial charge in [0.25, 0.3) is 0 Å². The van der Waals surface area contributed by atoms with Gasteiger partial charge in [-0.3, -0.25) is 4.68 Å². The fraction of sp³-hybridized carbons (Fsp3) is 0.364. The van der Waals surface area contributed by atoms with E-state index in [0.717, 1.165) is 37.8 Å². The number of aliphatic imine (C=N–C) groups is 1. The Labute approximate surface area is 189 Å². The minimum atomic E-state index is 0. The zero-order chi connectivity index (χ0) is 19.6. The number of hydrogen-bond acceptors (Lipinski definition) is 3. The molecule has 2 heterocycles. The second kappa shape index (κ2) is 12.3. The Balaban J connectivity index is 0.00000300. The summed E-state index contributed by atoms with van der Waals surface area (Å²) in [5.74, 6) is 2.35. The molecule has 0 spiro atoms. The van der Waals surface area contributed by atoms with E-state index in [1.54, 1.807) is 12.5 Å². The number of nitrogens with zero attached hydrogens (tertiary/aromatic N) is 3. The molecule has 0 radical (unpaired) electrons. The van der Waals surface area contributed by atoms with Gasteiger partial charge in [0.2, 0.25) is 0 Å². The van der Waals surface area contributed by atoms with Crippen LogP contribution in [0.25, 0.3) is 0 Å². The maximum atomic E-state index is 5.40. The Morgan fingerprint density at radius 2 is 1.93 bits per heavy atom. The van der Waals surface area contributed by atoms with E-state index in [0.29, 0.717) is 12.5 Å². The number of guanidine groups is 1. The highest BCUT2D eigenvalue weighted by Crippen LogP contribution is 2.11. The first-order valence-electron chi connectivity index (χ1n) is 9.79. The zero-order valence-electron chi connectivity index (χ0n) is 17.0.